The number of imidazole rings is 1. The van der Waals surface area contributed by atoms with Gasteiger partial charge in [-0.2, -0.15) is 11.8 Å². The summed E-state index contributed by atoms with van der Waals surface area (Å²) in [5, 5.41) is 3.65. The topological polar surface area (TPSA) is 42.7 Å². The van der Waals surface area contributed by atoms with Crippen LogP contribution in [-0.4, -0.2) is 32.6 Å². The predicted molar refractivity (Wildman–Crippen MR) is 83.1 cm³/mol. The van der Waals surface area contributed by atoms with E-state index in [1.54, 1.807) is 0 Å². The van der Waals surface area contributed by atoms with Crippen molar-refractivity contribution in [3.8, 4) is 0 Å². The predicted octanol–water partition coefficient (Wildman–Crippen LogP) is 2.92. The lowest BCUT2D eigenvalue weighted by Crippen LogP contribution is -2.33. The van der Waals surface area contributed by atoms with Crippen molar-refractivity contribution in [3.63, 3.8) is 0 Å². The normalized spacial score (nSPS) is 27.2. The third kappa shape index (κ3) is 2.13. The van der Waals surface area contributed by atoms with Gasteiger partial charge in [-0.3, -0.25) is 9.88 Å². The fourth-order valence-corrected chi connectivity index (χ4v) is 4.55. The number of rotatable bonds is 2. The zero-order valence-electron chi connectivity index (χ0n) is 11.6. The van der Waals surface area contributed by atoms with Gasteiger partial charge in [0.05, 0.1) is 6.17 Å². The Bertz CT molecular complexity index is 597. The Hall–Kier alpha value is -1.07. The van der Waals surface area contributed by atoms with Crippen molar-refractivity contribution in [2.75, 3.05) is 18.1 Å². The van der Waals surface area contributed by atoms with Gasteiger partial charge in [-0.1, -0.05) is 0 Å². The molecule has 5 heteroatoms. The summed E-state index contributed by atoms with van der Waals surface area (Å²) in [6.07, 6.45) is 7.28. The molecular formula is C15H20N4S. The van der Waals surface area contributed by atoms with E-state index >= 15 is 0 Å². The molecule has 106 valence electrons. The third-order valence-corrected chi connectivity index (χ3v) is 5.53. The van der Waals surface area contributed by atoms with E-state index < -0.39 is 0 Å². The maximum Gasteiger partial charge on any atom is 0.161 e. The van der Waals surface area contributed by atoms with Crippen molar-refractivity contribution < 1.29 is 0 Å². The van der Waals surface area contributed by atoms with Crippen molar-refractivity contribution in [3.05, 3.63) is 24.2 Å². The highest BCUT2D eigenvalue weighted by molar-refractivity contribution is 7.99. The maximum absolute atomic E-state index is 4.92. The van der Waals surface area contributed by atoms with Gasteiger partial charge < -0.3 is 0 Å². The standard InChI is InChI=1S/C15H20N4S/c1-2-7-16-13(5-1)19-14(11-6-9-20-10-11)18-12-4-3-8-17-15(12)19/h3-4,8,11,13,16H,1-2,5-7,9-10H2. The summed E-state index contributed by atoms with van der Waals surface area (Å²) in [6, 6.07) is 4.08. The Morgan fingerprint density at radius 2 is 2.30 bits per heavy atom. The van der Waals surface area contributed by atoms with E-state index in [-0.39, 0.29) is 0 Å². The maximum atomic E-state index is 4.92. The average molecular weight is 288 g/mol. The minimum atomic E-state index is 0.379. The third-order valence-electron chi connectivity index (χ3n) is 4.37. The summed E-state index contributed by atoms with van der Waals surface area (Å²) in [5.41, 5.74) is 2.10. The van der Waals surface area contributed by atoms with Crippen molar-refractivity contribution in [1.82, 2.24) is 19.9 Å². The zero-order valence-corrected chi connectivity index (χ0v) is 12.4. The minimum Gasteiger partial charge on any atom is -0.297 e. The molecule has 0 spiro atoms. The zero-order chi connectivity index (χ0) is 13.4. The van der Waals surface area contributed by atoms with Gasteiger partial charge in [0.1, 0.15) is 11.3 Å². The van der Waals surface area contributed by atoms with Crippen LogP contribution >= 0.6 is 11.8 Å². The van der Waals surface area contributed by atoms with E-state index in [2.05, 4.69) is 20.9 Å². The molecule has 2 aliphatic heterocycles. The fraction of sp³-hybridized carbons (Fsp3) is 0.600. The number of hydrogen-bond donors (Lipinski definition) is 1. The molecule has 0 bridgehead atoms. The molecule has 2 aromatic rings. The van der Waals surface area contributed by atoms with E-state index in [0.717, 1.165) is 17.7 Å². The van der Waals surface area contributed by atoms with Crippen molar-refractivity contribution in [1.29, 1.82) is 0 Å². The molecule has 2 unspecified atom stereocenters. The van der Waals surface area contributed by atoms with E-state index in [1.165, 1.54) is 43.0 Å². The van der Waals surface area contributed by atoms with Gasteiger partial charge >= 0.3 is 0 Å². The monoisotopic (exact) mass is 288 g/mol. The Morgan fingerprint density at radius 3 is 3.10 bits per heavy atom. The van der Waals surface area contributed by atoms with Crippen molar-refractivity contribution in [2.45, 2.75) is 37.8 Å². The lowest BCUT2D eigenvalue weighted by molar-refractivity contribution is 0.316. The Morgan fingerprint density at radius 1 is 1.30 bits per heavy atom. The van der Waals surface area contributed by atoms with Crippen LogP contribution in [0.2, 0.25) is 0 Å². The van der Waals surface area contributed by atoms with Gasteiger partial charge in [0.15, 0.2) is 5.65 Å². The van der Waals surface area contributed by atoms with Gasteiger partial charge in [0.2, 0.25) is 0 Å². The molecule has 2 fully saturated rings. The van der Waals surface area contributed by atoms with E-state index in [1.807, 2.05) is 24.0 Å². The highest BCUT2D eigenvalue weighted by atomic mass is 32.2. The molecule has 0 aliphatic carbocycles. The molecule has 4 rings (SSSR count). The number of thioether (sulfide) groups is 1. The second-order valence-corrected chi connectivity index (χ2v) is 6.86. The number of nitrogens with one attached hydrogen (secondary N) is 1. The van der Waals surface area contributed by atoms with Gasteiger partial charge in [-0.25, -0.2) is 9.97 Å². The summed E-state index contributed by atoms with van der Waals surface area (Å²) in [6.45, 7) is 1.11. The van der Waals surface area contributed by atoms with E-state index in [4.69, 9.17) is 4.98 Å². The minimum absolute atomic E-state index is 0.379. The lowest BCUT2D eigenvalue weighted by atomic mass is 10.1. The van der Waals surface area contributed by atoms with Crippen LogP contribution in [0.1, 0.15) is 43.6 Å². The number of fused-ring (bicyclic) bond motifs is 1. The lowest BCUT2D eigenvalue weighted by Gasteiger charge is -2.27. The molecule has 2 aromatic heterocycles. The summed E-state index contributed by atoms with van der Waals surface area (Å²) in [7, 11) is 0. The number of aromatic nitrogens is 3. The van der Waals surface area contributed by atoms with Crippen LogP contribution in [0, 0.1) is 0 Å². The Labute approximate surface area is 123 Å². The molecule has 1 N–H and O–H groups in total. The summed E-state index contributed by atoms with van der Waals surface area (Å²) in [5.74, 6) is 4.32. The molecule has 2 saturated heterocycles. The first-order chi connectivity index (χ1) is 9.93. The first kappa shape index (κ1) is 12.7. The first-order valence-corrected chi connectivity index (χ1v) is 8.73. The van der Waals surface area contributed by atoms with Gasteiger partial charge in [-0.05, 0) is 50.1 Å². The molecule has 4 nitrogen and oxygen atoms in total. The molecule has 4 heterocycles. The van der Waals surface area contributed by atoms with Crippen molar-refractivity contribution >= 4 is 22.9 Å². The molecule has 2 aliphatic rings. The SMILES string of the molecule is c1cnc2c(c1)nc(C1CCSC1)n2C1CCCCN1. The number of piperidine rings is 1. The quantitative estimate of drug-likeness (QED) is 0.922. The summed E-state index contributed by atoms with van der Waals surface area (Å²) >= 11 is 2.05. The fourth-order valence-electron chi connectivity index (χ4n) is 3.33. The largest absolute Gasteiger partial charge is 0.297 e. The van der Waals surface area contributed by atoms with Crippen LogP contribution in [0.4, 0.5) is 0 Å². The highest BCUT2D eigenvalue weighted by Crippen LogP contribution is 2.35. The van der Waals surface area contributed by atoms with Crippen LogP contribution < -0.4 is 5.32 Å². The number of hydrogen-bond acceptors (Lipinski definition) is 4. The van der Waals surface area contributed by atoms with Crippen LogP contribution in [0.15, 0.2) is 18.3 Å². The average Bonchev–Trinajstić information content (AvgIpc) is 3.15. The first-order valence-electron chi connectivity index (χ1n) is 7.57. The Kier molecular flexibility index (Phi) is 3.40. The van der Waals surface area contributed by atoms with Crippen LogP contribution in [0.25, 0.3) is 11.2 Å². The number of nitrogens with zero attached hydrogens (tertiary/aromatic N) is 3. The van der Waals surface area contributed by atoms with Gasteiger partial charge in [0, 0.05) is 17.9 Å². The molecule has 0 amide bonds. The van der Waals surface area contributed by atoms with Crippen molar-refractivity contribution in [2.24, 2.45) is 0 Å². The van der Waals surface area contributed by atoms with E-state index in [9.17, 15) is 0 Å². The molecule has 20 heavy (non-hydrogen) atoms. The van der Waals surface area contributed by atoms with E-state index in [0.29, 0.717) is 12.1 Å². The second kappa shape index (κ2) is 5.37. The number of pyridine rings is 1. The molecular weight excluding hydrogens is 268 g/mol. The van der Waals surface area contributed by atoms with Crippen LogP contribution in [0.5, 0.6) is 0 Å². The molecule has 0 radical (unpaired) electrons. The molecule has 2 atom stereocenters. The van der Waals surface area contributed by atoms with Crippen LogP contribution in [0.3, 0.4) is 0 Å². The van der Waals surface area contributed by atoms with Gasteiger partial charge in [0.25, 0.3) is 0 Å². The summed E-state index contributed by atoms with van der Waals surface area (Å²) < 4.78 is 2.39. The van der Waals surface area contributed by atoms with Gasteiger partial charge in [-0.15, -0.1) is 0 Å². The molecule has 0 saturated carbocycles. The Balaban J connectivity index is 1.83. The summed E-state index contributed by atoms with van der Waals surface area (Å²) in [4.78, 5) is 9.52. The van der Waals surface area contributed by atoms with Crippen LogP contribution in [-0.2, 0) is 0 Å². The smallest absolute Gasteiger partial charge is 0.161 e. The molecule has 0 aromatic carbocycles. The second-order valence-electron chi connectivity index (χ2n) is 5.71. The highest BCUT2D eigenvalue weighted by Gasteiger charge is 2.28.